The summed E-state index contributed by atoms with van der Waals surface area (Å²) in [6, 6.07) is 3.46. The van der Waals surface area contributed by atoms with Gasteiger partial charge in [-0.25, -0.2) is 4.79 Å². The molecule has 0 aromatic carbocycles. The lowest BCUT2D eigenvalue weighted by molar-refractivity contribution is 0.353. The highest BCUT2D eigenvalue weighted by Gasteiger charge is 2.25. The highest BCUT2D eigenvalue weighted by molar-refractivity contribution is 9.10. The Hall–Kier alpha value is -1.49. The molecule has 0 spiro atoms. The van der Waals surface area contributed by atoms with E-state index in [1.165, 1.54) is 6.26 Å². The van der Waals surface area contributed by atoms with E-state index in [4.69, 9.17) is 13.6 Å². The highest BCUT2D eigenvalue weighted by atomic mass is 79.9. The van der Waals surface area contributed by atoms with Gasteiger partial charge in [0.25, 0.3) is 0 Å². The minimum absolute atomic E-state index is 0.359. The van der Waals surface area contributed by atoms with E-state index < -0.39 is 0 Å². The summed E-state index contributed by atoms with van der Waals surface area (Å²) in [7, 11) is 0. The molecule has 2 aromatic rings. The zero-order valence-electron chi connectivity index (χ0n) is 8.16. The molecule has 82 valence electrons. The van der Waals surface area contributed by atoms with Crippen LogP contribution >= 0.6 is 15.9 Å². The number of hydrogen-bond acceptors (Lipinski definition) is 4. The van der Waals surface area contributed by atoms with Gasteiger partial charge in [-0.2, -0.15) is 0 Å². The zero-order chi connectivity index (χ0) is 11.1. The second-order valence-corrected chi connectivity index (χ2v) is 4.21. The van der Waals surface area contributed by atoms with Crippen LogP contribution < -0.4 is 10.4 Å². The van der Waals surface area contributed by atoms with Crippen molar-refractivity contribution < 1.29 is 13.6 Å². The minimum Gasteiger partial charge on any atom is -0.491 e. The highest BCUT2D eigenvalue weighted by Crippen LogP contribution is 2.38. The van der Waals surface area contributed by atoms with Crippen molar-refractivity contribution in [1.29, 1.82) is 0 Å². The summed E-state index contributed by atoms with van der Waals surface area (Å²) in [4.78, 5) is 11.7. The average molecular weight is 283 g/mol. The van der Waals surface area contributed by atoms with E-state index in [1.807, 2.05) is 0 Å². The van der Waals surface area contributed by atoms with E-state index in [1.54, 1.807) is 12.1 Å². The Morgan fingerprint density at radius 1 is 1.38 bits per heavy atom. The average Bonchev–Trinajstić information content (AvgIpc) is 2.92. The van der Waals surface area contributed by atoms with Crippen molar-refractivity contribution in [3.63, 3.8) is 0 Å². The molecule has 0 radical (unpaired) electrons. The zero-order valence-corrected chi connectivity index (χ0v) is 9.74. The van der Waals surface area contributed by atoms with Crippen LogP contribution in [-0.2, 0) is 6.42 Å². The Balaban J connectivity index is 2.29. The van der Waals surface area contributed by atoms with Crippen molar-refractivity contribution in [2.45, 2.75) is 6.42 Å². The van der Waals surface area contributed by atoms with Gasteiger partial charge in [0.15, 0.2) is 11.5 Å². The van der Waals surface area contributed by atoms with Gasteiger partial charge in [0.1, 0.15) is 10.2 Å². The quantitative estimate of drug-likeness (QED) is 0.807. The van der Waals surface area contributed by atoms with E-state index in [2.05, 4.69) is 15.9 Å². The fraction of sp³-hybridized carbons (Fsp3) is 0.182. The van der Waals surface area contributed by atoms with Crippen LogP contribution in [0.3, 0.4) is 0 Å². The topological polar surface area (TPSA) is 52.6 Å². The lowest BCUT2D eigenvalue weighted by atomic mass is 10.2. The van der Waals surface area contributed by atoms with Crippen molar-refractivity contribution in [1.82, 2.24) is 0 Å². The van der Waals surface area contributed by atoms with Gasteiger partial charge in [-0.3, -0.25) is 0 Å². The molecule has 0 saturated carbocycles. The predicted octanol–water partition coefficient (Wildman–Crippen LogP) is 2.60. The Kier molecular flexibility index (Phi) is 2.14. The third kappa shape index (κ3) is 1.31. The summed E-state index contributed by atoms with van der Waals surface area (Å²) in [6.07, 6.45) is 2.12. The molecule has 1 aliphatic rings. The van der Waals surface area contributed by atoms with Gasteiger partial charge < -0.3 is 13.6 Å². The van der Waals surface area contributed by atoms with E-state index >= 15 is 0 Å². The maximum atomic E-state index is 11.7. The van der Waals surface area contributed by atoms with Crippen molar-refractivity contribution in [3.05, 3.63) is 38.9 Å². The van der Waals surface area contributed by atoms with Gasteiger partial charge in [-0.1, -0.05) is 0 Å². The van der Waals surface area contributed by atoms with Crippen LogP contribution in [0.5, 0.6) is 5.75 Å². The molecule has 0 unspecified atom stereocenters. The van der Waals surface area contributed by atoms with E-state index in [0.717, 1.165) is 0 Å². The van der Waals surface area contributed by atoms with Gasteiger partial charge in [-0.15, -0.1) is 0 Å². The first-order valence-electron chi connectivity index (χ1n) is 4.79. The van der Waals surface area contributed by atoms with Crippen LogP contribution in [0, 0.1) is 0 Å². The first-order valence-corrected chi connectivity index (χ1v) is 5.59. The molecule has 16 heavy (non-hydrogen) atoms. The minimum atomic E-state index is -0.359. The summed E-state index contributed by atoms with van der Waals surface area (Å²) >= 11 is 3.37. The molecule has 1 aliphatic heterocycles. The maximum Gasteiger partial charge on any atom is 0.343 e. The van der Waals surface area contributed by atoms with E-state index in [0.29, 0.717) is 40.3 Å². The second kappa shape index (κ2) is 3.52. The molecule has 0 amide bonds. The number of furan rings is 1. The van der Waals surface area contributed by atoms with E-state index in [9.17, 15) is 4.79 Å². The number of fused-ring (bicyclic) bond motifs is 1. The Bertz CT molecular complexity index is 583. The molecule has 0 N–H and O–H groups in total. The first kappa shape index (κ1) is 9.72. The fourth-order valence-electron chi connectivity index (χ4n) is 1.71. The molecule has 3 heterocycles. The third-order valence-electron chi connectivity index (χ3n) is 2.46. The molecule has 0 saturated heterocycles. The summed E-state index contributed by atoms with van der Waals surface area (Å²) in [5, 5.41) is 0. The van der Waals surface area contributed by atoms with Gasteiger partial charge in [0.05, 0.1) is 18.4 Å². The molecular formula is C11H7BrO4. The summed E-state index contributed by atoms with van der Waals surface area (Å²) < 4.78 is 16.5. The number of ether oxygens (including phenoxy) is 1. The predicted molar refractivity (Wildman–Crippen MR) is 59.6 cm³/mol. The van der Waals surface area contributed by atoms with Gasteiger partial charge in [0.2, 0.25) is 0 Å². The molecule has 2 aromatic heterocycles. The van der Waals surface area contributed by atoms with Crippen LogP contribution in [0.2, 0.25) is 0 Å². The fourth-order valence-corrected chi connectivity index (χ4v) is 2.34. The molecule has 0 aliphatic carbocycles. The molecular weight excluding hydrogens is 276 g/mol. The van der Waals surface area contributed by atoms with Crippen molar-refractivity contribution >= 4 is 15.9 Å². The molecule has 3 rings (SSSR count). The number of halogens is 1. The third-order valence-corrected chi connectivity index (χ3v) is 3.18. The summed E-state index contributed by atoms with van der Waals surface area (Å²) in [5.41, 5.74) is 0.226. The van der Waals surface area contributed by atoms with Gasteiger partial charge in [0, 0.05) is 6.42 Å². The number of rotatable bonds is 1. The van der Waals surface area contributed by atoms with Gasteiger partial charge in [-0.05, 0) is 28.1 Å². The summed E-state index contributed by atoms with van der Waals surface area (Å²) in [5.74, 6) is 1.44. The molecule has 0 atom stereocenters. The van der Waals surface area contributed by atoms with Crippen LogP contribution in [0.4, 0.5) is 0 Å². The van der Waals surface area contributed by atoms with Crippen molar-refractivity contribution in [2.24, 2.45) is 0 Å². The van der Waals surface area contributed by atoms with Crippen LogP contribution in [0.25, 0.3) is 11.5 Å². The standard InChI is InChI=1S/C11H7BrO4/c12-8-9-6(3-5-15-9)11(13)16-10(8)7-2-1-4-14-7/h1-2,4H,3,5H2. The Labute approximate surface area is 99.0 Å². The lowest BCUT2D eigenvalue weighted by Gasteiger charge is -2.04. The van der Waals surface area contributed by atoms with Crippen molar-refractivity contribution in [2.75, 3.05) is 6.61 Å². The lowest BCUT2D eigenvalue weighted by Crippen LogP contribution is -2.05. The SMILES string of the molecule is O=c1oc(-c2ccco2)c(Br)c2c1CCO2. The Morgan fingerprint density at radius 3 is 3.00 bits per heavy atom. The molecule has 4 nitrogen and oxygen atoms in total. The normalized spacial score (nSPS) is 13.6. The van der Waals surface area contributed by atoms with E-state index in [-0.39, 0.29) is 5.63 Å². The molecule has 0 fully saturated rings. The van der Waals surface area contributed by atoms with Crippen LogP contribution in [-0.4, -0.2) is 6.61 Å². The molecule has 0 bridgehead atoms. The van der Waals surface area contributed by atoms with Crippen molar-refractivity contribution in [3.8, 4) is 17.3 Å². The van der Waals surface area contributed by atoms with Crippen LogP contribution in [0.15, 0.2) is 36.5 Å². The Morgan fingerprint density at radius 2 is 2.25 bits per heavy atom. The monoisotopic (exact) mass is 282 g/mol. The smallest absolute Gasteiger partial charge is 0.343 e. The molecule has 5 heteroatoms. The maximum absolute atomic E-state index is 11.7. The summed E-state index contributed by atoms with van der Waals surface area (Å²) in [6.45, 7) is 0.514. The first-order chi connectivity index (χ1) is 7.77. The van der Waals surface area contributed by atoms with Gasteiger partial charge >= 0.3 is 5.63 Å². The largest absolute Gasteiger partial charge is 0.491 e. The second-order valence-electron chi connectivity index (χ2n) is 3.42. The number of hydrogen-bond donors (Lipinski definition) is 0. The van der Waals surface area contributed by atoms with Crippen LogP contribution in [0.1, 0.15) is 5.56 Å².